The van der Waals surface area contributed by atoms with Gasteiger partial charge in [0, 0.05) is 24.5 Å². The van der Waals surface area contributed by atoms with E-state index in [0.717, 1.165) is 5.75 Å². The van der Waals surface area contributed by atoms with Crippen molar-refractivity contribution in [2.24, 2.45) is 5.73 Å². The number of thiophene rings is 1. The van der Waals surface area contributed by atoms with Gasteiger partial charge in [-0.3, -0.25) is 9.59 Å². The van der Waals surface area contributed by atoms with Crippen LogP contribution in [0.25, 0.3) is 0 Å². The highest BCUT2D eigenvalue weighted by Gasteiger charge is 2.12. The first-order valence-corrected chi connectivity index (χ1v) is 8.95. The van der Waals surface area contributed by atoms with Crippen molar-refractivity contribution in [3.63, 3.8) is 0 Å². The van der Waals surface area contributed by atoms with E-state index in [1.54, 1.807) is 23.6 Å². The van der Waals surface area contributed by atoms with Crippen LogP contribution < -0.4 is 15.8 Å². The number of nitrogens with two attached hydrogens (primary N) is 1. The molecule has 2 aromatic rings. The van der Waals surface area contributed by atoms with Crippen LogP contribution >= 0.6 is 22.9 Å². The first kappa shape index (κ1) is 19.2. The van der Waals surface area contributed by atoms with Crippen LogP contribution in [0, 0.1) is 0 Å². The molecule has 0 bridgehead atoms. The van der Waals surface area contributed by atoms with Crippen molar-refractivity contribution in [1.29, 1.82) is 0 Å². The summed E-state index contributed by atoms with van der Waals surface area (Å²) in [6.45, 7) is 1.77. The Morgan fingerprint density at radius 2 is 1.96 bits per heavy atom. The number of hydrogen-bond donors (Lipinski definition) is 2. The molecule has 134 valence electrons. The number of primary amides is 1. The van der Waals surface area contributed by atoms with E-state index in [1.807, 2.05) is 24.1 Å². The Morgan fingerprint density at radius 3 is 2.64 bits per heavy atom. The highest BCUT2D eigenvalue weighted by atomic mass is 35.5. The zero-order chi connectivity index (χ0) is 18.2. The summed E-state index contributed by atoms with van der Waals surface area (Å²) in [7, 11) is 1.92. The van der Waals surface area contributed by atoms with Crippen molar-refractivity contribution in [2.75, 3.05) is 32.1 Å². The number of nitrogens with zero attached hydrogens (tertiary/aromatic N) is 1. The van der Waals surface area contributed by atoms with Crippen LogP contribution in [0.15, 0.2) is 35.7 Å². The lowest BCUT2D eigenvalue weighted by Crippen LogP contribution is -2.28. The predicted molar refractivity (Wildman–Crippen MR) is 101 cm³/mol. The van der Waals surface area contributed by atoms with Gasteiger partial charge in [0.2, 0.25) is 5.91 Å². The molecular formula is C17H20ClN3O3S. The van der Waals surface area contributed by atoms with Gasteiger partial charge in [-0.2, -0.15) is 0 Å². The van der Waals surface area contributed by atoms with Gasteiger partial charge in [-0.15, -0.1) is 11.3 Å². The van der Waals surface area contributed by atoms with Crippen LogP contribution in [0.4, 0.5) is 5.00 Å². The molecule has 0 saturated carbocycles. The van der Waals surface area contributed by atoms with Crippen molar-refractivity contribution < 1.29 is 14.3 Å². The van der Waals surface area contributed by atoms with Crippen molar-refractivity contribution in [1.82, 2.24) is 4.90 Å². The van der Waals surface area contributed by atoms with Crippen LogP contribution in [0.3, 0.4) is 0 Å². The Kier molecular flexibility index (Phi) is 7.24. The average molecular weight is 382 g/mol. The predicted octanol–water partition coefficient (Wildman–Crippen LogP) is 2.84. The minimum atomic E-state index is -0.548. The summed E-state index contributed by atoms with van der Waals surface area (Å²) in [6, 6.07) is 8.77. The molecule has 1 aromatic heterocycles. The van der Waals surface area contributed by atoms with Crippen LogP contribution in [-0.2, 0) is 4.79 Å². The van der Waals surface area contributed by atoms with Gasteiger partial charge in [-0.05, 0) is 42.8 Å². The first-order valence-electron chi connectivity index (χ1n) is 7.70. The molecule has 8 heteroatoms. The van der Waals surface area contributed by atoms with Gasteiger partial charge >= 0.3 is 0 Å². The summed E-state index contributed by atoms with van der Waals surface area (Å²) in [6.07, 6.45) is 0.313. The highest BCUT2D eigenvalue weighted by Crippen LogP contribution is 2.22. The summed E-state index contributed by atoms with van der Waals surface area (Å²) < 4.78 is 5.62. The zero-order valence-corrected chi connectivity index (χ0v) is 15.4. The lowest BCUT2D eigenvalue weighted by atomic mass is 10.3. The van der Waals surface area contributed by atoms with E-state index in [4.69, 9.17) is 22.1 Å². The third kappa shape index (κ3) is 6.38. The second-order valence-corrected chi connectivity index (χ2v) is 6.78. The number of rotatable bonds is 9. The van der Waals surface area contributed by atoms with Crippen molar-refractivity contribution in [2.45, 2.75) is 6.42 Å². The van der Waals surface area contributed by atoms with Gasteiger partial charge in [-0.25, -0.2) is 0 Å². The lowest BCUT2D eigenvalue weighted by Gasteiger charge is -2.16. The number of nitrogens with one attached hydrogen (secondary N) is 1. The number of halogens is 1. The fraction of sp³-hybridized carbons (Fsp3) is 0.294. The van der Waals surface area contributed by atoms with E-state index in [0.29, 0.717) is 41.7 Å². The summed E-state index contributed by atoms with van der Waals surface area (Å²) in [5.41, 5.74) is 5.59. The maximum atomic E-state index is 12.0. The monoisotopic (exact) mass is 381 g/mol. The van der Waals surface area contributed by atoms with Crippen LogP contribution in [0.2, 0.25) is 5.02 Å². The lowest BCUT2D eigenvalue weighted by molar-refractivity contribution is -0.116. The average Bonchev–Trinajstić information content (AvgIpc) is 3.03. The molecule has 25 heavy (non-hydrogen) atoms. The minimum absolute atomic E-state index is 0.157. The number of benzene rings is 1. The smallest absolute Gasteiger partial charge is 0.251 e. The topological polar surface area (TPSA) is 84.7 Å². The molecule has 0 aliphatic rings. The number of likely N-dealkylation sites (N-methyl/N-ethyl adjacent to an activating group) is 1. The molecule has 3 N–H and O–H groups in total. The van der Waals surface area contributed by atoms with Crippen molar-refractivity contribution in [3.05, 3.63) is 46.3 Å². The largest absolute Gasteiger partial charge is 0.492 e. The molecule has 0 radical (unpaired) electrons. The molecule has 0 aliphatic heterocycles. The van der Waals surface area contributed by atoms with Gasteiger partial charge in [0.1, 0.15) is 17.4 Å². The number of amides is 2. The van der Waals surface area contributed by atoms with E-state index < -0.39 is 5.91 Å². The third-order valence-corrected chi connectivity index (χ3v) is 4.54. The van der Waals surface area contributed by atoms with Crippen molar-refractivity contribution in [3.8, 4) is 5.75 Å². The normalized spacial score (nSPS) is 10.7. The third-order valence-electron chi connectivity index (χ3n) is 3.46. The van der Waals surface area contributed by atoms with Crippen molar-refractivity contribution >= 4 is 39.8 Å². The van der Waals surface area contributed by atoms with E-state index in [-0.39, 0.29) is 5.91 Å². The molecular weight excluding hydrogens is 362 g/mol. The second kappa shape index (κ2) is 9.41. The number of anilines is 1. The number of carbonyl (C=O) groups is 2. The van der Waals surface area contributed by atoms with Gasteiger partial charge in [0.05, 0.1) is 5.56 Å². The van der Waals surface area contributed by atoms with Crippen LogP contribution in [0.1, 0.15) is 16.8 Å². The van der Waals surface area contributed by atoms with E-state index >= 15 is 0 Å². The summed E-state index contributed by atoms with van der Waals surface area (Å²) in [5, 5.41) is 5.60. The maximum Gasteiger partial charge on any atom is 0.251 e. The van der Waals surface area contributed by atoms with Crippen LogP contribution in [0.5, 0.6) is 5.75 Å². The van der Waals surface area contributed by atoms with Crippen LogP contribution in [-0.4, -0.2) is 43.5 Å². The van der Waals surface area contributed by atoms with E-state index in [1.165, 1.54) is 11.3 Å². The molecule has 0 aliphatic carbocycles. The molecule has 0 fully saturated rings. The molecule has 2 amide bonds. The molecule has 0 unspecified atom stereocenters. The van der Waals surface area contributed by atoms with E-state index in [9.17, 15) is 9.59 Å². The molecule has 0 spiro atoms. The first-order chi connectivity index (χ1) is 12.0. The summed E-state index contributed by atoms with van der Waals surface area (Å²) >= 11 is 7.10. The Labute approximate surface area is 155 Å². The number of ether oxygens (including phenoxy) is 1. The van der Waals surface area contributed by atoms with Gasteiger partial charge in [0.15, 0.2) is 0 Å². The number of hydrogen-bond acceptors (Lipinski definition) is 5. The standard InChI is InChI=1S/C17H20ClN3O3S/c1-21(9-10-24-13-4-2-12(18)3-5-13)8-6-15(22)20-17-14(16(19)23)7-11-25-17/h2-5,7,11H,6,8-10H2,1H3,(H2,19,23)(H,20,22). The molecule has 1 heterocycles. The fourth-order valence-electron chi connectivity index (χ4n) is 2.04. The molecule has 2 rings (SSSR count). The van der Waals surface area contributed by atoms with Gasteiger partial charge in [0.25, 0.3) is 5.91 Å². The second-order valence-electron chi connectivity index (χ2n) is 5.43. The maximum absolute atomic E-state index is 12.0. The molecule has 6 nitrogen and oxygen atoms in total. The minimum Gasteiger partial charge on any atom is -0.492 e. The van der Waals surface area contributed by atoms with E-state index in [2.05, 4.69) is 5.32 Å². The van der Waals surface area contributed by atoms with Gasteiger partial charge in [-0.1, -0.05) is 11.6 Å². The molecule has 1 aromatic carbocycles. The Balaban J connectivity index is 1.67. The molecule has 0 atom stereocenters. The Hall–Kier alpha value is -2.09. The summed E-state index contributed by atoms with van der Waals surface area (Å²) in [5.74, 6) is 0.0515. The Bertz CT molecular complexity index is 718. The fourth-order valence-corrected chi connectivity index (χ4v) is 2.98. The zero-order valence-electron chi connectivity index (χ0n) is 13.8. The quantitative estimate of drug-likeness (QED) is 0.699. The van der Waals surface area contributed by atoms with Gasteiger partial charge < -0.3 is 20.7 Å². The SMILES string of the molecule is CN(CCOc1ccc(Cl)cc1)CCC(=O)Nc1sccc1C(N)=O. The molecule has 0 saturated heterocycles. The Morgan fingerprint density at radius 1 is 1.24 bits per heavy atom. The summed E-state index contributed by atoms with van der Waals surface area (Å²) in [4.78, 5) is 25.2. The number of carbonyl (C=O) groups excluding carboxylic acids is 2. The highest BCUT2D eigenvalue weighted by molar-refractivity contribution is 7.14.